The largest absolute Gasteiger partial charge is 0.456 e. The van der Waals surface area contributed by atoms with Gasteiger partial charge in [-0.2, -0.15) is 0 Å². The van der Waals surface area contributed by atoms with Crippen molar-refractivity contribution in [3.8, 4) is 28.2 Å². The number of para-hydroxylation sites is 1. The van der Waals surface area contributed by atoms with Crippen molar-refractivity contribution in [1.29, 1.82) is 0 Å². The number of nitrogens with zero attached hydrogens (tertiary/aromatic N) is 2. The van der Waals surface area contributed by atoms with E-state index in [0.29, 0.717) is 0 Å². The second-order valence-corrected chi connectivity index (χ2v) is 16.4. The lowest BCUT2D eigenvalue weighted by atomic mass is 9.97. The van der Waals surface area contributed by atoms with Gasteiger partial charge in [-0.1, -0.05) is 121 Å². The fourth-order valence-electron chi connectivity index (χ4n) is 9.91. The lowest BCUT2D eigenvalue weighted by molar-refractivity contribution is 0.664. The Morgan fingerprint density at radius 2 is 1.07 bits per heavy atom. The molecule has 0 bridgehead atoms. The van der Waals surface area contributed by atoms with Crippen LogP contribution in [0.4, 0.5) is 0 Å². The van der Waals surface area contributed by atoms with Gasteiger partial charge >= 0.3 is 0 Å². The van der Waals surface area contributed by atoms with E-state index in [9.17, 15) is 0 Å². The summed E-state index contributed by atoms with van der Waals surface area (Å²) in [5.74, 6) is 0. The molecule has 0 aliphatic heterocycles. The lowest BCUT2D eigenvalue weighted by Crippen LogP contribution is -1.97. The molecule has 0 atom stereocenters. The predicted octanol–water partition coefficient (Wildman–Crippen LogP) is 15.4. The SMILES string of the molecule is c1ccc2c(c1)oc1c(-c3cccc4c3sc3ccccc34)nc(-c3ccc(-n4c5ccc6cccc7oc8cccc9ccc4c(c98)c5c67)c4ccccc34)cc12. The first-order valence-electron chi connectivity index (χ1n) is 19.6. The first-order chi connectivity index (χ1) is 28.8. The molecule has 14 aromatic rings. The van der Waals surface area contributed by atoms with Crippen LogP contribution in [0.5, 0.6) is 0 Å². The van der Waals surface area contributed by atoms with Crippen molar-refractivity contribution in [3.05, 3.63) is 170 Å². The van der Waals surface area contributed by atoms with E-state index >= 15 is 0 Å². The number of hydrogen-bond donors (Lipinski definition) is 0. The van der Waals surface area contributed by atoms with Gasteiger partial charge in [0.15, 0.2) is 5.58 Å². The smallest absolute Gasteiger partial charge is 0.161 e. The molecule has 0 spiro atoms. The molecule has 0 fully saturated rings. The molecular weight excluding hydrogens is 729 g/mol. The Bertz CT molecular complexity index is 3940. The first-order valence-corrected chi connectivity index (χ1v) is 20.4. The van der Waals surface area contributed by atoms with E-state index < -0.39 is 0 Å². The number of rotatable bonds is 3. The van der Waals surface area contributed by atoms with Gasteiger partial charge in [-0.25, -0.2) is 4.98 Å². The molecule has 58 heavy (non-hydrogen) atoms. The molecule has 0 saturated heterocycles. The number of furan rings is 1. The number of pyridine rings is 1. The van der Waals surface area contributed by atoms with Gasteiger partial charge in [0.05, 0.1) is 22.4 Å². The third-order valence-corrected chi connectivity index (χ3v) is 13.6. The van der Waals surface area contributed by atoms with Gasteiger partial charge in [-0.05, 0) is 64.7 Å². The van der Waals surface area contributed by atoms with Crippen LogP contribution in [0.2, 0.25) is 0 Å². The Kier molecular flexibility index (Phi) is 5.88. The highest BCUT2D eigenvalue weighted by molar-refractivity contribution is 7.26. The molecule has 14 rings (SSSR count). The van der Waals surface area contributed by atoms with Crippen molar-refractivity contribution < 1.29 is 8.83 Å². The monoisotopic (exact) mass is 756 g/mol. The summed E-state index contributed by atoms with van der Waals surface area (Å²) in [6, 6.07) is 60.9. The third kappa shape index (κ3) is 3.95. The van der Waals surface area contributed by atoms with E-state index in [-0.39, 0.29) is 0 Å². The molecule has 0 aliphatic rings. The average molecular weight is 757 g/mol. The number of fused-ring (bicyclic) bond motifs is 7. The van der Waals surface area contributed by atoms with Gasteiger partial charge < -0.3 is 13.4 Å². The van der Waals surface area contributed by atoms with Crippen molar-refractivity contribution in [2.24, 2.45) is 0 Å². The summed E-state index contributed by atoms with van der Waals surface area (Å²) in [4.78, 5) is 5.58. The summed E-state index contributed by atoms with van der Waals surface area (Å²) in [6.45, 7) is 0. The van der Waals surface area contributed by atoms with Crippen LogP contribution in [-0.2, 0) is 0 Å². The first kappa shape index (κ1) is 30.7. The predicted molar refractivity (Wildman–Crippen MR) is 243 cm³/mol. The van der Waals surface area contributed by atoms with Crippen LogP contribution in [-0.4, -0.2) is 9.55 Å². The number of thiophene rings is 1. The highest BCUT2D eigenvalue weighted by atomic mass is 32.1. The van der Waals surface area contributed by atoms with Gasteiger partial charge in [0.25, 0.3) is 0 Å². The summed E-state index contributed by atoms with van der Waals surface area (Å²) in [6.07, 6.45) is 0. The minimum atomic E-state index is 0.810. The van der Waals surface area contributed by atoms with Gasteiger partial charge in [0.1, 0.15) is 22.4 Å². The van der Waals surface area contributed by atoms with Crippen LogP contribution in [0, 0.1) is 0 Å². The van der Waals surface area contributed by atoms with Gasteiger partial charge in [-0.3, -0.25) is 0 Å². The average Bonchev–Trinajstić information content (AvgIpc) is 3.92. The standard InChI is InChI=1S/C53H28N2O2S/c1-2-13-33-31(12-1)32(24-27-40(33)55-41-25-22-29-10-7-19-44-47(29)49(41)50-42(55)26-23-30-11-8-20-45(56-44)48(30)50)39-28-38-34-14-3-5-18-43(34)57-52(38)51(54-39)37-17-9-16-36-35-15-4-6-21-46(35)58-53(36)37/h1-28H. The fraction of sp³-hybridized carbons (Fsp3) is 0. The maximum atomic E-state index is 6.71. The van der Waals surface area contributed by atoms with E-state index in [2.05, 4.69) is 168 Å². The highest BCUT2D eigenvalue weighted by Crippen LogP contribution is 2.48. The van der Waals surface area contributed by atoms with Crippen molar-refractivity contribution in [2.45, 2.75) is 0 Å². The molecule has 0 amide bonds. The van der Waals surface area contributed by atoms with Crippen LogP contribution >= 0.6 is 11.3 Å². The Hall–Kier alpha value is -7.47. The van der Waals surface area contributed by atoms with Crippen molar-refractivity contribution in [2.75, 3.05) is 0 Å². The molecule has 0 aliphatic carbocycles. The minimum Gasteiger partial charge on any atom is -0.456 e. The van der Waals surface area contributed by atoms with E-state index in [1.165, 1.54) is 41.7 Å². The van der Waals surface area contributed by atoms with Gasteiger partial charge in [0, 0.05) is 69.0 Å². The summed E-state index contributed by atoms with van der Waals surface area (Å²) >= 11 is 1.82. The van der Waals surface area contributed by atoms with Crippen LogP contribution < -0.4 is 0 Å². The zero-order valence-corrected chi connectivity index (χ0v) is 31.6. The molecule has 0 N–H and O–H groups in total. The number of hydrogen-bond acceptors (Lipinski definition) is 4. The van der Waals surface area contributed by atoms with Crippen molar-refractivity contribution in [3.63, 3.8) is 0 Å². The van der Waals surface area contributed by atoms with E-state index in [0.717, 1.165) is 93.9 Å². The molecule has 5 heteroatoms. The molecule has 9 aromatic carbocycles. The van der Waals surface area contributed by atoms with Crippen LogP contribution in [0.1, 0.15) is 0 Å². The molecule has 5 aromatic heterocycles. The normalized spacial score (nSPS) is 12.5. The minimum absolute atomic E-state index is 0.810. The fourth-order valence-corrected chi connectivity index (χ4v) is 11.1. The number of aromatic nitrogens is 2. The van der Waals surface area contributed by atoms with Crippen LogP contribution in [0.3, 0.4) is 0 Å². The molecule has 5 heterocycles. The second-order valence-electron chi connectivity index (χ2n) is 15.4. The zero-order valence-electron chi connectivity index (χ0n) is 30.8. The second kappa shape index (κ2) is 11.1. The Morgan fingerprint density at radius 3 is 1.84 bits per heavy atom. The summed E-state index contributed by atoms with van der Waals surface area (Å²) in [5.41, 5.74) is 10.8. The molecule has 0 unspecified atom stereocenters. The lowest BCUT2D eigenvalue weighted by Gasteiger charge is -2.16. The van der Waals surface area contributed by atoms with Crippen LogP contribution in [0.15, 0.2) is 179 Å². The zero-order chi connectivity index (χ0) is 37.6. The quantitative estimate of drug-likeness (QED) is 0.180. The van der Waals surface area contributed by atoms with E-state index in [1.54, 1.807) is 0 Å². The third-order valence-electron chi connectivity index (χ3n) is 12.4. The molecule has 268 valence electrons. The topological polar surface area (TPSA) is 44.1 Å². The molecular formula is C53H28N2O2S. The van der Waals surface area contributed by atoms with Crippen molar-refractivity contribution >= 4 is 119 Å². The number of benzene rings is 9. The summed E-state index contributed by atoms with van der Waals surface area (Å²) in [7, 11) is 0. The van der Waals surface area contributed by atoms with Crippen LogP contribution in [0.25, 0.3) is 136 Å². The molecule has 0 radical (unpaired) electrons. The Labute approximate surface area is 333 Å². The molecule has 0 saturated carbocycles. The van der Waals surface area contributed by atoms with Crippen molar-refractivity contribution in [1.82, 2.24) is 9.55 Å². The van der Waals surface area contributed by atoms with E-state index in [4.69, 9.17) is 13.8 Å². The maximum Gasteiger partial charge on any atom is 0.161 e. The van der Waals surface area contributed by atoms with Gasteiger partial charge in [-0.15, -0.1) is 11.3 Å². The summed E-state index contributed by atoms with van der Waals surface area (Å²) < 4.78 is 18.3. The maximum absolute atomic E-state index is 6.71. The summed E-state index contributed by atoms with van der Waals surface area (Å²) in [5, 5.41) is 14.0. The highest BCUT2D eigenvalue weighted by Gasteiger charge is 2.24. The van der Waals surface area contributed by atoms with E-state index in [1.807, 2.05) is 17.4 Å². The Morgan fingerprint density at radius 1 is 0.431 bits per heavy atom. The van der Waals surface area contributed by atoms with Gasteiger partial charge in [0.2, 0.25) is 0 Å². The Balaban J connectivity index is 1.07. The molecule has 4 nitrogen and oxygen atoms in total.